The molecule has 1 aromatic heterocycles. The van der Waals surface area contributed by atoms with Crippen molar-refractivity contribution in [2.75, 3.05) is 12.0 Å². The third kappa shape index (κ3) is 4.46. The highest BCUT2D eigenvalue weighted by atomic mass is 32.1. The summed E-state index contributed by atoms with van der Waals surface area (Å²) < 4.78 is 11.0. The fourth-order valence-corrected chi connectivity index (χ4v) is 3.65. The minimum Gasteiger partial charge on any atom is -0.497 e. The van der Waals surface area contributed by atoms with E-state index in [1.807, 2.05) is 60.0 Å². The predicted octanol–water partition coefficient (Wildman–Crippen LogP) is 6.06. The Bertz CT molecular complexity index is 941. The summed E-state index contributed by atoms with van der Waals surface area (Å²) in [6.07, 6.45) is 0. The number of benzene rings is 2. The van der Waals surface area contributed by atoms with Gasteiger partial charge >= 0.3 is 6.03 Å². The molecule has 6 heteroatoms. The summed E-state index contributed by atoms with van der Waals surface area (Å²) in [6.45, 7) is 6.42. The number of hydrogen-bond acceptors (Lipinski definition) is 4. The van der Waals surface area contributed by atoms with E-state index in [4.69, 9.17) is 15.2 Å². The number of carbonyl (C=O) groups excluding carboxylic acids is 1. The lowest BCUT2D eigenvalue weighted by atomic mass is 9.94. The minimum atomic E-state index is -0.526. The molecule has 0 spiro atoms. The van der Waals surface area contributed by atoms with Crippen LogP contribution in [0, 0.1) is 0 Å². The van der Waals surface area contributed by atoms with E-state index in [1.54, 1.807) is 18.4 Å². The van der Waals surface area contributed by atoms with E-state index in [2.05, 4.69) is 20.8 Å². The van der Waals surface area contributed by atoms with Gasteiger partial charge in [0.25, 0.3) is 0 Å². The molecule has 0 atom stereocenters. The Morgan fingerprint density at radius 3 is 1.93 bits per heavy atom. The van der Waals surface area contributed by atoms with Crippen LogP contribution in [-0.2, 0) is 5.41 Å². The molecule has 3 aromatic rings. The largest absolute Gasteiger partial charge is 0.497 e. The van der Waals surface area contributed by atoms with E-state index < -0.39 is 6.03 Å². The molecule has 0 unspecified atom stereocenters. The van der Waals surface area contributed by atoms with Crippen LogP contribution in [0.4, 0.5) is 16.2 Å². The maximum absolute atomic E-state index is 12.1. The molecule has 1 heterocycles. The van der Waals surface area contributed by atoms with Gasteiger partial charge in [-0.05, 0) is 60.0 Å². The Morgan fingerprint density at radius 1 is 0.929 bits per heavy atom. The molecule has 2 N–H and O–H groups in total. The number of ether oxygens (including phenoxy) is 2. The molecule has 0 aliphatic rings. The maximum Gasteiger partial charge on any atom is 0.323 e. The molecule has 0 radical (unpaired) electrons. The first kappa shape index (κ1) is 19.8. The Balaban J connectivity index is 1.81. The number of nitrogens with two attached hydrogens (primary N) is 1. The second-order valence-corrected chi connectivity index (χ2v) is 8.28. The van der Waals surface area contributed by atoms with Gasteiger partial charge in [-0.25, -0.2) is 4.79 Å². The number of primary amides is 1. The van der Waals surface area contributed by atoms with Gasteiger partial charge in [-0.1, -0.05) is 20.8 Å². The van der Waals surface area contributed by atoms with E-state index in [0.29, 0.717) is 17.2 Å². The number of thiophene rings is 1. The van der Waals surface area contributed by atoms with E-state index in [1.165, 1.54) is 9.78 Å². The molecule has 0 fully saturated rings. The third-order valence-electron chi connectivity index (χ3n) is 4.19. The Kier molecular flexibility index (Phi) is 5.61. The lowest BCUT2D eigenvalue weighted by molar-refractivity contribution is 0.256. The standard InChI is InChI=1S/C22H24N2O3S/c1-22(2,3)20-13-16(14-28-20)24(21(23)25)15-5-7-18(8-6-15)27-19-11-9-17(26-4)10-12-19/h5-14H,1-4H3,(H2,23,25). The van der Waals surface area contributed by atoms with Crippen LogP contribution in [0.2, 0.25) is 0 Å². The van der Waals surface area contributed by atoms with Gasteiger partial charge in [-0.3, -0.25) is 4.90 Å². The zero-order valence-corrected chi connectivity index (χ0v) is 17.2. The van der Waals surface area contributed by atoms with Crippen LogP contribution in [0.3, 0.4) is 0 Å². The summed E-state index contributed by atoms with van der Waals surface area (Å²) in [4.78, 5) is 14.8. The number of hydrogen-bond donors (Lipinski definition) is 1. The van der Waals surface area contributed by atoms with Crippen molar-refractivity contribution >= 4 is 28.7 Å². The number of urea groups is 1. The van der Waals surface area contributed by atoms with Gasteiger partial charge in [0, 0.05) is 10.3 Å². The first-order chi connectivity index (χ1) is 13.3. The summed E-state index contributed by atoms with van der Waals surface area (Å²) in [7, 11) is 1.62. The highest BCUT2D eigenvalue weighted by molar-refractivity contribution is 7.10. The number of nitrogens with zero attached hydrogens (tertiary/aromatic N) is 1. The molecule has 0 aliphatic carbocycles. The van der Waals surface area contributed by atoms with Crippen molar-refractivity contribution in [1.82, 2.24) is 0 Å². The van der Waals surface area contributed by atoms with Gasteiger partial charge in [-0.2, -0.15) is 0 Å². The summed E-state index contributed by atoms with van der Waals surface area (Å²) in [5.41, 5.74) is 7.13. The first-order valence-electron chi connectivity index (χ1n) is 8.88. The van der Waals surface area contributed by atoms with Crippen molar-refractivity contribution in [2.24, 2.45) is 5.73 Å². The van der Waals surface area contributed by atoms with E-state index in [9.17, 15) is 4.79 Å². The van der Waals surface area contributed by atoms with Crippen LogP contribution in [0.5, 0.6) is 17.2 Å². The second-order valence-electron chi connectivity index (χ2n) is 7.36. The van der Waals surface area contributed by atoms with Gasteiger partial charge in [-0.15, -0.1) is 11.3 Å². The number of amides is 2. The average Bonchev–Trinajstić information content (AvgIpc) is 3.14. The fraction of sp³-hybridized carbons (Fsp3) is 0.227. The van der Waals surface area contributed by atoms with Crippen LogP contribution >= 0.6 is 11.3 Å². The summed E-state index contributed by atoms with van der Waals surface area (Å²) in [6, 6.07) is 16.1. The molecule has 3 rings (SSSR count). The average molecular weight is 397 g/mol. The van der Waals surface area contributed by atoms with Gasteiger partial charge in [0.1, 0.15) is 17.2 Å². The smallest absolute Gasteiger partial charge is 0.323 e. The summed E-state index contributed by atoms with van der Waals surface area (Å²) in [5, 5.41) is 1.95. The maximum atomic E-state index is 12.1. The lowest BCUT2D eigenvalue weighted by Crippen LogP contribution is -2.31. The third-order valence-corrected chi connectivity index (χ3v) is 5.54. The SMILES string of the molecule is COc1ccc(Oc2ccc(N(C(N)=O)c3csc(C(C)(C)C)c3)cc2)cc1. The number of carbonyl (C=O) groups is 1. The molecular weight excluding hydrogens is 372 g/mol. The Hall–Kier alpha value is -2.99. The molecule has 28 heavy (non-hydrogen) atoms. The zero-order valence-electron chi connectivity index (χ0n) is 16.4. The lowest BCUT2D eigenvalue weighted by Gasteiger charge is -2.20. The first-order valence-corrected chi connectivity index (χ1v) is 9.76. The molecule has 2 aromatic carbocycles. The number of rotatable bonds is 5. The van der Waals surface area contributed by atoms with Crippen LogP contribution < -0.4 is 20.1 Å². The summed E-state index contributed by atoms with van der Waals surface area (Å²) >= 11 is 1.62. The zero-order chi connectivity index (χ0) is 20.3. The van der Waals surface area contributed by atoms with Gasteiger partial charge in [0.15, 0.2) is 0 Å². The molecule has 0 saturated carbocycles. The van der Waals surface area contributed by atoms with Crippen molar-refractivity contribution in [3.63, 3.8) is 0 Å². The van der Waals surface area contributed by atoms with E-state index in [0.717, 1.165) is 11.4 Å². The number of methoxy groups -OCH3 is 1. The molecule has 0 saturated heterocycles. The van der Waals surface area contributed by atoms with Gasteiger partial charge < -0.3 is 15.2 Å². The van der Waals surface area contributed by atoms with E-state index >= 15 is 0 Å². The highest BCUT2D eigenvalue weighted by Crippen LogP contribution is 2.36. The summed E-state index contributed by atoms with van der Waals surface area (Å²) in [5.74, 6) is 2.14. The van der Waals surface area contributed by atoms with Crippen molar-refractivity contribution in [3.8, 4) is 17.2 Å². The second kappa shape index (κ2) is 7.94. The molecule has 5 nitrogen and oxygen atoms in total. The van der Waals surface area contributed by atoms with E-state index in [-0.39, 0.29) is 5.41 Å². The van der Waals surface area contributed by atoms with Crippen molar-refractivity contribution in [3.05, 3.63) is 64.9 Å². The van der Waals surface area contributed by atoms with Crippen molar-refractivity contribution in [2.45, 2.75) is 26.2 Å². The Morgan fingerprint density at radius 2 is 1.46 bits per heavy atom. The van der Waals surface area contributed by atoms with Crippen LogP contribution in [-0.4, -0.2) is 13.1 Å². The van der Waals surface area contributed by atoms with Crippen molar-refractivity contribution < 1.29 is 14.3 Å². The fourth-order valence-electron chi connectivity index (χ4n) is 2.68. The normalized spacial score (nSPS) is 11.1. The molecule has 2 amide bonds. The predicted molar refractivity (Wildman–Crippen MR) is 114 cm³/mol. The Labute approximate surface area is 169 Å². The van der Waals surface area contributed by atoms with Crippen LogP contribution in [0.25, 0.3) is 0 Å². The quantitative estimate of drug-likeness (QED) is 0.570. The topological polar surface area (TPSA) is 64.8 Å². The van der Waals surface area contributed by atoms with Gasteiger partial charge in [0.2, 0.25) is 0 Å². The molecule has 146 valence electrons. The molecule has 0 bridgehead atoms. The monoisotopic (exact) mass is 396 g/mol. The highest BCUT2D eigenvalue weighted by Gasteiger charge is 2.21. The molecule has 0 aliphatic heterocycles. The number of anilines is 2. The molecular formula is C22H24N2O3S. The van der Waals surface area contributed by atoms with Crippen LogP contribution in [0.15, 0.2) is 60.0 Å². The van der Waals surface area contributed by atoms with Gasteiger partial charge in [0.05, 0.1) is 18.5 Å². The van der Waals surface area contributed by atoms with Crippen LogP contribution in [0.1, 0.15) is 25.6 Å². The van der Waals surface area contributed by atoms with Crippen molar-refractivity contribution in [1.29, 1.82) is 0 Å². The minimum absolute atomic E-state index is 0.0162.